The van der Waals surface area contributed by atoms with Crippen LogP contribution in [0, 0.1) is 17.7 Å². The number of primary amides is 1. The molecule has 2 aliphatic rings. The summed E-state index contributed by atoms with van der Waals surface area (Å²) in [6.45, 7) is 3.43. The van der Waals surface area contributed by atoms with Gasteiger partial charge in [-0.05, 0) is 66.1 Å². The van der Waals surface area contributed by atoms with Crippen LogP contribution in [0.2, 0.25) is 0 Å². The number of carboxylic acid groups (broad SMARTS) is 1. The molecule has 0 bridgehead atoms. The lowest BCUT2D eigenvalue weighted by Gasteiger charge is -2.42. The first-order valence-electron chi connectivity index (χ1n) is 14.7. The predicted molar refractivity (Wildman–Crippen MR) is 167 cm³/mol. The van der Waals surface area contributed by atoms with Crippen LogP contribution in [0.3, 0.4) is 0 Å². The van der Waals surface area contributed by atoms with Crippen LogP contribution in [-0.4, -0.2) is 36.2 Å². The van der Waals surface area contributed by atoms with E-state index in [1.807, 2.05) is 91.9 Å². The summed E-state index contributed by atoms with van der Waals surface area (Å²) in [6, 6.07) is 32.9. The fraction of sp³-hybridized carbons (Fsp3) is 0.278. The maximum Gasteiger partial charge on any atom is 0.344 e. The SMILES string of the molecule is CC(C(N)=O)C1CCN(c2ccc(-c3ccccc3)c(F)c2)CC1c1ccccc1.O=C(O)C1CCc2ccccc2O1. The van der Waals surface area contributed by atoms with Gasteiger partial charge in [-0.15, -0.1) is 0 Å². The number of anilines is 1. The van der Waals surface area contributed by atoms with E-state index in [1.165, 1.54) is 5.56 Å². The van der Waals surface area contributed by atoms with Crippen LogP contribution in [0.15, 0.2) is 103 Å². The van der Waals surface area contributed by atoms with E-state index in [1.54, 1.807) is 6.07 Å². The van der Waals surface area contributed by atoms with E-state index in [-0.39, 0.29) is 29.5 Å². The van der Waals surface area contributed by atoms with Crippen LogP contribution < -0.4 is 15.4 Å². The summed E-state index contributed by atoms with van der Waals surface area (Å²) in [5, 5.41) is 8.74. The molecule has 1 amide bonds. The standard InChI is InChI=1S/C26H27FN2O.C10H10O3/c1-18(26(28)30)22-14-15-29(17-24(22)20-10-6-3-7-11-20)21-12-13-23(25(27)16-21)19-8-4-2-5-9-19;11-10(12)9-6-5-7-3-1-2-4-8(7)13-9/h2-13,16,18,22,24H,14-15,17H2,1H3,(H2,28,30);1-4,9H,5-6H2,(H,11,12). The lowest BCUT2D eigenvalue weighted by molar-refractivity contribution is -0.145. The summed E-state index contributed by atoms with van der Waals surface area (Å²) in [7, 11) is 0. The number of carbonyl (C=O) groups is 2. The molecule has 0 aliphatic carbocycles. The van der Waals surface area contributed by atoms with Crippen molar-refractivity contribution in [2.24, 2.45) is 17.6 Å². The molecule has 2 aliphatic heterocycles. The zero-order valence-electron chi connectivity index (χ0n) is 24.2. The number of ether oxygens (including phenoxy) is 1. The Morgan fingerprint density at radius 2 is 1.60 bits per heavy atom. The van der Waals surface area contributed by atoms with Crippen molar-refractivity contribution < 1.29 is 23.8 Å². The predicted octanol–water partition coefficient (Wildman–Crippen LogP) is 6.69. The zero-order valence-corrected chi connectivity index (χ0v) is 24.2. The van der Waals surface area contributed by atoms with Crippen molar-refractivity contribution >= 4 is 17.6 Å². The average Bonchev–Trinajstić information content (AvgIpc) is 3.05. The summed E-state index contributed by atoms with van der Waals surface area (Å²) in [4.78, 5) is 24.8. The molecule has 4 unspecified atom stereocenters. The molecule has 0 saturated carbocycles. The Kier molecular flexibility index (Phi) is 9.40. The van der Waals surface area contributed by atoms with Crippen molar-refractivity contribution in [3.8, 4) is 16.9 Å². The topological polar surface area (TPSA) is 92.9 Å². The van der Waals surface area contributed by atoms with Gasteiger partial charge in [0.05, 0.1) is 0 Å². The number of nitrogens with two attached hydrogens (primary N) is 1. The second kappa shape index (κ2) is 13.6. The van der Waals surface area contributed by atoms with Crippen molar-refractivity contribution in [3.63, 3.8) is 0 Å². The van der Waals surface area contributed by atoms with Gasteiger partial charge in [0.2, 0.25) is 5.91 Å². The van der Waals surface area contributed by atoms with Gasteiger partial charge in [-0.1, -0.05) is 85.8 Å². The highest BCUT2D eigenvalue weighted by atomic mass is 19.1. The third-order valence-electron chi connectivity index (χ3n) is 8.58. The molecule has 2 heterocycles. The van der Waals surface area contributed by atoms with Gasteiger partial charge in [0.25, 0.3) is 0 Å². The molecule has 6 nitrogen and oxygen atoms in total. The van der Waals surface area contributed by atoms with Crippen LogP contribution in [0.1, 0.15) is 36.8 Å². The minimum absolute atomic E-state index is 0.166. The molecule has 4 aromatic rings. The highest BCUT2D eigenvalue weighted by Crippen LogP contribution is 2.39. The number of hydrogen-bond donors (Lipinski definition) is 2. The highest BCUT2D eigenvalue weighted by Gasteiger charge is 2.36. The first-order chi connectivity index (χ1) is 20.8. The average molecular weight is 581 g/mol. The number of aliphatic carboxylic acids is 1. The Bertz CT molecular complexity index is 1550. The first-order valence-corrected chi connectivity index (χ1v) is 14.7. The second-order valence-electron chi connectivity index (χ2n) is 11.2. The Labute approximate surface area is 251 Å². The monoisotopic (exact) mass is 580 g/mol. The number of hydrogen-bond acceptors (Lipinski definition) is 4. The zero-order chi connectivity index (χ0) is 30.3. The van der Waals surface area contributed by atoms with Crippen LogP contribution >= 0.6 is 0 Å². The van der Waals surface area contributed by atoms with Gasteiger partial charge in [-0.25, -0.2) is 9.18 Å². The summed E-state index contributed by atoms with van der Waals surface area (Å²) in [6.07, 6.45) is 1.51. The van der Waals surface area contributed by atoms with E-state index < -0.39 is 12.1 Å². The quantitative estimate of drug-likeness (QED) is 0.265. The van der Waals surface area contributed by atoms with E-state index in [9.17, 15) is 14.0 Å². The van der Waals surface area contributed by atoms with E-state index in [2.05, 4.69) is 17.0 Å². The number of carbonyl (C=O) groups excluding carboxylic acids is 1. The Morgan fingerprint density at radius 1 is 0.930 bits per heavy atom. The number of amides is 1. The minimum atomic E-state index is -0.880. The van der Waals surface area contributed by atoms with Crippen LogP contribution in [0.25, 0.3) is 11.1 Å². The van der Waals surface area contributed by atoms with Crippen molar-refractivity contribution in [3.05, 3.63) is 120 Å². The lowest BCUT2D eigenvalue weighted by atomic mass is 9.74. The number of rotatable bonds is 6. The third kappa shape index (κ3) is 7.05. The molecule has 4 aromatic carbocycles. The number of piperidine rings is 1. The molecular weight excluding hydrogens is 543 g/mol. The van der Waals surface area contributed by atoms with Crippen molar-refractivity contribution in [2.75, 3.05) is 18.0 Å². The smallest absolute Gasteiger partial charge is 0.344 e. The van der Waals surface area contributed by atoms with E-state index in [4.69, 9.17) is 15.6 Å². The first kappa shape index (κ1) is 29.8. The summed E-state index contributed by atoms with van der Waals surface area (Å²) >= 11 is 0. The molecular formula is C36H37FN2O4. The molecule has 3 N–H and O–H groups in total. The molecule has 1 saturated heterocycles. The normalized spacial score (nSPS) is 20.0. The van der Waals surface area contributed by atoms with Gasteiger partial charge in [-0.2, -0.15) is 0 Å². The van der Waals surface area contributed by atoms with Crippen molar-refractivity contribution in [2.45, 2.75) is 38.2 Å². The van der Waals surface area contributed by atoms with Gasteiger partial charge in [0.15, 0.2) is 6.10 Å². The number of halogens is 1. The van der Waals surface area contributed by atoms with Crippen LogP contribution in [0.4, 0.5) is 10.1 Å². The fourth-order valence-corrected chi connectivity index (χ4v) is 6.12. The molecule has 43 heavy (non-hydrogen) atoms. The van der Waals surface area contributed by atoms with Gasteiger partial charge in [0, 0.05) is 36.2 Å². The van der Waals surface area contributed by atoms with E-state index >= 15 is 0 Å². The Morgan fingerprint density at radius 3 is 2.28 bits per heavy atom. The number of para-hydroxylation sites is 1. The van der Waals surface area contributed by atoms with Gasteiger partial charge in [-0.3, -0.25) is 4.79 Å². The molecule has 0 radical (unpaired) electrons. The van der Waals surface area contributed by atoms with E-state index in [0.29, 0.717) is 17.7 Å². The van der Waals surface area contributed by atoms with Crippen LogP contribution in [-0.2, 0) is 16.0 Å². The Hall–Kier alpha value is -4.65. The molecule has 0 aromatic heterocycles. The van der Waals surface area contributed by atoms with Crippen molar-refractivity contribution in [1.82, 2.24) is 0 Å². The fourth-order valence-electron chi connectivity index (χ4n) is 6.12. The molecule has 1 fully saturated rings. The van der Waals surface area contributed by atoms with Crippen molar-refractivity contribution in [1.29, 1.82) is 0 Å². The maximum atomic E-state index is 14.9. The number of fused-ring (bicyclic) bond motifs is 1. The van der Waals surface area contributed by atoms with Gasteiger partial charge < -0.3 is 20.5 Å². The number of benzene rings is 4. The van der Waals surface area contributed by atoms with Gasteiger partial charge >= 0.3 is 5.97 Å². The second-order valence-corrected chi connectivity index (χ2v) is 11.2. The molecule has 6 rings (SSSR count). The summed E-state index contributed by atoms with van der Waals surface area (Å²) in [5.74, 6) is -0.505. The molecule has 4 atom stereocenters. The van der Waals surface area contributed by atoms with Gasteiger partial charge in [0.1, 0.15) is 11.6 Å². The third-order valence-corrected chi connectivity index (χ3v) is 8.58. The lowest BCUT2D eigenvalue weighted by Crippen LogP contribution is -2.44. The number of nitrogens with zero attached hydrogens (tertiary/aromatic N) is 1. The van der Waals surface area contributed by atoms with E-state index in [0.717, 1.165) is 42.7 Å². The minimum Gasteiger partial charge on any atom is -0.479 e. The summed E-state index contributed by atoms with van der Waals surface area (Å²) < 4.78 is 20.2. The molecule has 7 heteroatoms. The molecule has 222 valence electrons. The number of carboxylic acids is 1. The van der Waals surface area contributed by atoms with Crippen LogP contribution in [0.5, 0.6) is 5.75 Å². The Balaban J connectivity index is 0.000000235. The maximum absolute atomic E-state index is 14.9. The number of aryl methyl sites for hydroxylation is 1. The molecule has 0 spiro atoms. The largest absolute Gasteiger partial charge is 0.479 e. The highest BCUT2D eigenvalue weighted by molar-refractivity contribution is 5.77. The summed E-state index contributed by atoms with van der Waals surface area (Å²) in [5.41, 5.74) is 10.3.